The van der Waals surface area contributed by atoms with Crippen molar-refractivity contribution in [2.24, 2.45) is 5.92 Å². The van der Waals surface area contributed by atoms with Gasteiger partial charge in [0.1, 0.15) is 22.9 Å². The molecule has 1 N–H and O–H groups in total. The summed E-state index contributed by atoms with van der Waals surface area (Å²) in [5.41, 5.74) is 3.11. The molecule has 35 heavy (non-hydrogen) atoms. The fourth-order valence-electron chi connectivity index (χ4n) is 5.09. The standard InChI is InChI=1S/C27H30F2N4O2/c1-34-25-9-8-23-27(32-25)26-20(17-35-24(26)14-31-23)16-33-11-3-4-18(15-33)13-30-10-2-5-19-12-21(28)6-7-22(19)29/h2,5-9,12,14,18,20,30H,3-4,10-11,13,15-17H2,1H3/b5-2+/t18-,20?/m0/s1. The molecule has 4 heterocycles. The molecule has 5 rings (SSSR count). The smallest absolute Gasteiger partial charge is 0.213 e. The lowest BCUT2D eigenvalue weighted by atomic mass is 9.94. The highest BCUT2D eigenvalue weighted by molar-refractivity contribution is 5.81. The van der Waals surface area contributed by atoms with E-state index in [1.807, 2.05) is 18.2 Å². The number of ether oxygens (including phenoxy) is 2. The van der Waals surface area contributed by atoms with Crippen molar-refractivity contribution in [2.45, 2.75) is 18.8 Å². The van der Waals surface area contributed by atoms with Gasteiger partial charge >= 0.3 is 0 Å². The minimum atomic E-state index is -0.434. The summed E-state index contributed by atoms with van der Waals surface area (Å²) in [6.45, 7) is 5.14. The van der Waals surface area contributed by atoms with Crippen LogP contribution in [0.3, 0.4) is 0 Å². The van der Waals surface area contributed by atoms with Gasteiger partial charge in [0.25, 0.3) is 0 Å². The molecule has 2 atom stereocenters. The highest BCUT2D eigenvalue weighted by Crippen LogP contribution is 2.39. The first-order chi connectivity index (χ1) is 17.1. The van der Waals surface area contributed by atoms with E-state index in [-0.39, 0.29) is 11.5 Å². The second-order valence-electron chi connectivity index (χ2n) is 9.26. The predicted octanol–water partition coefficient (Wildman–Crippen LogP) is 4.41. The SMILES string of the molecule is COc1ccc2ncc3c(c2n1)C(CN1CCC[C@@H](CNC/C=C/c2cc(F)ccc2F)C1)CO3. The number of likely N-dealkylation sites (tertiary alicyclic amines) is 1. The van der Waals surface area contributed by atoms with E-state index in [2.05, 4.69) is 20.2 Å². The number of hydrogen-bond donors (Lipinski definition) is 1. The Morgan fingerprint density at radius 2 is 2.17 bits per heavy atom. The molecule has 2 aliphatic rings. The summed E-state index contributed by atoms with van der Waals surface area (Å²) in [4.78, 5) is 11.7. The van der Waals surface area contributed by atoms with Crippen LogP contribution in [0.15, 0.2) is 42.6 Å². The first-order valence-electron chi connectivity index (χ1n) is 12.1. The van der Waals surface area contributed by atoms with Crippen LogP contribution in [0, 0.1) is 17.6 Å². The maximum Gasteiger partial charge on any atom is 0.213 e. The summed E-state index contributed by atoms with van der Waals surface area (Å²) in [5.74, 6) is 1.33. The van der Waals surface area contributed by atoms with Gasteiger partial charge < -0.3 is 19.7 Å². The number of pyridine rings is 2. The Hall–Kier alpha value is -3.10. The number of halogens is 2. The average Bonchev–Trinajstić information content (AvgIpc) is 3.29. The maximum absolute atomic E-state index is 13.7. The molecule has 0 saturated carbocycles. The van der Waals surface area contributed by atoms with Crippen LogP contribution in [-0.2, 0) is 0 Å². The molecule has 3 aromatic rings. The van der Waals surface area contributed by atoms with Gasteiger partial charge in [-0.3, -0.25) is 4.98 Å². The molecule has 0 spiro atoms. The van der Waals surface area contributed by atoms with E-state index in [4.69, 9.17) is 9.47 Å². The predicted molar refractivity (Wildman–Crippen MR) is 132 cm³/mol. The Balaban J connectivity index is 1.16. The largest absolute Gasteiger partial charge is 0.491 e. The van der Waals surface area contributed by atoms with Crippen molar-refractivity contribution in [3.05, 3.63) is 65.4 Å². The van der Waals surface area contributed by atoms with E-state index in [0.717, 1.165) is 67.1 Å². The van der Waals surface area contributed by atoms with Gasteiger partial charge in [-0.05, 0) is 56.1 Å². The number of benzene rings is 1. The lowest BCUT2D eigenvalue weighted by molar-refractivity contribution is 0.157. The number of rotatable bonds is 8. The normalized spacial score (nSPS) is 20.3. The molecular weight excluding hydrogens is 450 g/mol. The van der Waals surface area contributed by atoms with Crippen LogP contribution in [-0.4, -0.2) is 61.3 Å². The van der Waals surface area contributed by atoms with Crippen LogP contribution in [0.25, 0.3) is 17.1 Å². The fourth-order valence-corrected chi connectivity index (χ4v) is 5.09. The van der Waals surface area contributed by atoms with Crippen LogP contribution in [0.2, 0.25) is 0 Å². The molecule has 2 aliphatic heterocycles. The van der Waals surface area contributed by atoms with E-state index in [1.165, 1.54) is 12.5 Å². The number of nitrogens with one attached hydrogen (secondary N) is 1. The van der Waals surface area contributed by atoms with Crippen LogP contribution >= 0.6 is 0 Å². The van der Waals surface area contributed by atoms with Crippen LogP contribution in [0.1, 0.15) is 29.9 Å². The van der Waals surface area contributed by atoms with E-state index < -0.39 is 11.6 Å². The van der Waals surface area contributed by atoms with Crippen LogP contribution < -0.4 is 14.8 Å². The number of aromatic nitrogens is 2. The van der Waals surface area contributed by atoms with Crippen LogP contribution in [0.5, 0.6) is 11.6 Å². The van der Waals surface area contributed by atoms with E-state index >= 15 is 0 Å². The van der Waals surface area contributed by atoms with Gasteiger partial charge in [0.05, 0.1) is 25.4 Å². The summed E-state index contributed by atoms with van der Waals surface area (Å²) in [6, 6.07) is 7.26. The van der Waals surface area contributed by atoms with Crippen molar-refractivity contribution < 1.29 is 18.3 Å². The molecule has 8 heteroatoms. The second kappa shape index (κ2) is 10.7. The molecule has 0 aliphatic carbocycles. The van der Waals surface area contributed by atoms with E-state index in [1.54, 1.807) is 19.4 Å². The third-order valence-electron chi connectivity index (χ3n) is 6.78. The Bertz CT molecular complexity index is 1220. The lowest BCUT2D eigenvalue weighted by Crippen LogP contribution is -2.41. The number of hydrogen-bond acceptors (Lipinski definition) is 6. The zero-order valence-electron chi connectivity index (χ0n) is 19.8. The third kappa shape index (κ3) is 5.44. The zero-order chi connectivity index (χ0) is 24.2. The maximum atomic E-state index is 13.7. The monoisotopic (exact) mass is 480 g/mol. The van der Waals surface area contributed by atoms with E-state index in [9.17, 15) is 8.78 Å². The van der Waals surface area contributed by atoms with E-state index in [0.29, 0.717) is 24.9 Å². The summed E-state index contributed by atoms with van der Waals surface area (Å²) < 4.78 is 38.3. The molecule has 0 radical (unpaired) electrons. The van der Waals surface area contributed by atoms with Gasteiger partial charge in [-0.2, -0.15) is 0 Å². The quantitative estimate of drug-likeness (QED) is 0.482. The molecule has 1 unspecified atom stereocenters. The van der Waals surface area contributed by atoms with Crippen molar-refractivity contribution in [2.75, 3.05) is 46.4 Å². The summed E-state index contributed by atoms with van der Waals surface area (Å²) in [6.07, 6.45) is 7.59. The van der Waals surface area contributed by atoms with Gasteiger partial charge in [0.15, 0.2) is 0 Å². The first-order valence-corrected chi connectivity index (χ1v) is 12.1. The van der Waals surface area contributed by atoms with Crippen molar-refractivity contribution in [3.8, 4) is 11.6 Å². The zero-order valence-corrected chi connectivity index (χ0v) is 19.8. The highest BCUT2D eigenvalue weighted by atomic mass is 19.1. The fraction of sp³-hybridized carbons (Fsp3) is 0.407. The Morgan fingerprint density at radius 3 is 3.06 bits per heavy atom. The van der Waals surface area contributed by atoms with Gasteiger partial charge in [0, 0.05) is 42.7 Å². The number of nitrogens with zero attached hydrogens (tertiary/aromatic N) is 3. The number of fused-ring (bicyclic) bond motifs is 3. The second-order valence-corrected chi connectivity index (χ2v) is 9.26. The Labute approximate surface area is 204 Å². The van der Waals surface area contributed by atoms with Crippen molar-refractivity contribution in [3.63, 3.8) is 0 Å². The molecule has 1 saturated heterocycles. The van der Waals surface area contributed by atoms with Crippen molar-refractivity contribution in [1.82, 2.24) is 20.2 Å². The molecular formula is C27H30F2N4O2. The third-order valence-corrected chi connectivity index (χ3v) is 6.78. The minimum Gasteiger partial charge on any atom is -0.491 e. The van der Waals surface area contributed by atoms with Gasteiger partial charge in [-0.15, -0.1) is 0 Å². The molecule has 6 nitrogen and oxygen atoms in total. The topological polar surface area (TPSA) is 59.5 Å². The highest BCUT2D eigenvalue weighted by Gasteiger charge is 2.31. The molecule has 1 fully saturated rings. The Morgan fingerprint density at radius 1 is 1.26 bits per heavy atom. The van der Waals surface area contributed by atoms with Crippen molar-refractivity contribution in [1.29, 1.82) is 0 Å². The molecule has 0 bridgehead atoms. The number of piperidine rings is 1. The molecule has 2 aromatic heterocycles. The van der Waals surface area contributed by atoms with Crippen LogP contribution in [0.4, 0.5) is 8.78 Å². The summed E-state index contributed by atoms with van der Waals surface area (Å²) in [7, 11) is 1.62. The number of methoxy groups -OCH3 is 1. The first kappa shape index (κ1) is 23.6. The molecule has 0 amide bonds. The molecule has 1 aromatic carbocycles. The average molecular weight is 481 g/mol. The van der Waals surface area contributed by atoms with Crippen molar-refractivity contribution >= 4 is 17.1 Å². The summed E-state index contributed by atoms with van der Waals surface area (Å²) in [5, 5.41) is 3.44. The van der Waals surface area contributed by atoms with Gasteiger partial charge in [0.2, 0.25) is 5.88 Å². The van der Waals surface area contributed by atoms with Gasteiger partial charge in [-0.1, -0.05) is 12.2 Å². The van der Waals surface area contributed by atoms with Gasteiger partial charge in [-0.25, -0.2) is 13.8 Å². The minimum absolute atomic E-state index is 0.242. The summed E-state index contributed by atoms with van der Waals surface area (Å²) >= 11 is 0. The molecule has 184 valence electrons. The lowest BCUT2D eigenvalue weighted by Gasteiger charge is -2.34. The Kier molecular flexibility index (Phi) is 7.20.